The normalized spacial score (nSPS) is 18.8. The van der Waals surface area contributed by atoms with Gasteiger partial charge in [-0.15, -0.1) is 0 Å². The van der Waals surface area contributed by atoms with E-state index in [1.807, 2.05) is 43.3 Å². The van der Waals surface area contributed by atoms with Gasteiger partial charge in [0.25, 0.3) is 0 Å². The standard InChI is InChI=1S/C17H18O2/c1-11-5-3-4-6-15(11)17(18)13-7-8-16-14(10-13)9-12(2)19-16/h3-8,10,12,17-18H,9H2,1-2H3. The van der Waals surface area contributed by atoms with Crippen LogP contribution in [0.3, 0.4) is 0 Å². The van der Waals surface area contributed by atoms with E-state index in [-0.39, 0.29) is 6.10 Å². The molecule has 0 radical (unpaired) electrons. The molecule has 1 N–H and O–H groups in total. The molecular weight excluding hydrogens is 236 g/mol. The first-order valence-electron chi connectivity index (χ1n) is 6.68. The minimum Gasteiger partial charge on any atom is -0.490 e. The van der Waals surface area contributed by atoms with Crippen LogP contribution in [0.5, 0.6) is 5.75 Å². The molecule has 0 saturated carbocycles. The summed E-state index contributed by atoms with van der Waals surface area (Å²) in [6.45, 7) is 4.09. The Bertz CT molecular complexity index is 604. The molecule has 1 aliphatic heterocycles. The van der Waals surface area contributed by atoms with Gasteiger partial charge in [0.15, 0.2) is 0 Å². The zero-order chi connectivity index (χ0) is 13.4. The first kappa shape index (κ1) is 12.2. The highest BCUT2D eigenvalue weighted by atomic mass is 16.5. The maximum Gasteiger partial charge on any atom is 0.123 e. The van der Waals surface area contributed by atoms with E-state index in [0.29, 0.717) is 0 Å². The van der Waals surface area contributed by atoms with E-state index in [1.165, 1.54) is 5.56 Å². The molecule has 0 fully saturated rings. The number of rotatable bonds is 2. The van der Waals surface area contributed by atoms with Crippen LogP contribution in [-0.2, 0) is 6.42 Å². The van der Waals surface area contributed by atoms with Gasteiger partial charge >= 0.3 is 0 Å². The lowest BCUT2D eigenvalue weighted by molar-refractivity contribution is 0.219. The summed E-state index contributed by atoms with van der Waals surface area (Å²) in [5.41, 5.74) is 4.21. The van der Waals surface area contributed by atoms with Gasteiger partial charge in [0.2, 0.25) is 0 Å². The van der Waals surface area contributed by atoms with Gasteiger partial charge in [0.05, 0.1) is 0 Å². The topological polar surface area (TPSA) is 29.5 Å². The summed E-state index contributed by atoms with van der Waals surface area (Å²) >= 11 is 0. The smallest absolute Gasteiger partial charge is 0.123 e. The molecule has 0 aromatic heterocycles. The Morgan fingerprint density at radius 3 is 2.79 bits per heavy atom. The van der Waals surface area contributed by atoms with Gasteiger partial charge in [-0.2, -0.15) is 0 Å². The van der Waals surface area contributed by atoms with Crippen LogP contribution >= 0.6 is 0 Å². The van der Waals surface area contributed by atoms with E-state index in [2.05, 4.69) is 13.0 Å². The first-order chi connectivity index (χ1) is 9.15. The Hall–Kier alpha value is -1.80. The SMILES string of the molecule is Cc1ccccc1C(O)c1ccc2c(c1)CC(C)O2. The fraction of sp³-hybridized carbons (Fsp3) is 0.294. The van der Waals surface area contributed by atoms with Crippen LogP contribution in [0.4, 0.5) is 0 Å². The van der Waals surface area contributed by atoms with E-state index in [4.69, 9.17) is 4.74 Å². The Labute approximate surface area is 113 Å². The van der Waals surface area contributed by atoms with Crippen molar-refractivity contribution in [1.29, 1.82) is 0 Å². The third-order valence-corrected chi connectivity index (χ3v) is 3.72. The average Bonchev–Trinajstić information content (AvgIpc) is 2.77. The zero-order valence-electron chi connectivity index (χ0n) is 11.3. The number of aliphatic hydroxyl groups excluding tert-OH is 1. The van der Waals surface area contributed by atoms with Crippen molar-refractivity contribution in [1.82, 2.24) is 0 Å². The summed E-state index contributed by atoms with van der Waals surface area (Å²) in [5, 5.41) is 10.5. The predicted octanol–water partition coefficient (Wildman–Crippen LogP) is 3.40. The second-order valence-electron chi connectivity index (χ2n) is 5.26. The van der Waals surface area contributed by atoms with Gasteiger partial charge in [-0.25, -0.2) is 0 Å². The Morgan fingerprint density at radius 1 is 1.21 bits per heavy atom. The summed E-state index contributed by atoms with van der Waals surface area (Å²) in [6.07, 6.45) is 0.590. The number of benzene rings is 2. The first-order valence-corrected chi connectivity index (χ1v) is 6.68. The molecule has 2 aromatic rings. The molecule has 1 heterocycles. The monoisotopic (exact) mass is 254 g/mol. The van der Waals surface area contributed by atoms with Crippen LogP contribution in [0.15, 0.2) is 42.5 Å². The van der Waals surface area contributed by atoms with Crippen molar-refractivity contribution in [2.75, 3.05) is 0 Å². The Balaban J connectivity index is 1.95. The van der Waals surface area contributed by atoms with Crippen LogP contribution in [-0.4, -0.2) is 11.2 Å². The molecule has 0 spiro atoms. The van der Waals surface area contributed by atoms with Crippen molar-refractivity contribution < 1.29 is 9.84 Å². The van der Waals surface area contributed by atoms with Crippen molar-refractivity contribution in [2.45, 2.75) is 32.5 Å². The van der Waals surface area contributed by atoms with Crippen molar-refractivity contribution in [2.24, 2.45) is 0 Å². The predicted molar refractivity (Wildman–Crippen MR) is 75.5 cm³/mol. The molecule has 1 aliphatic rings. The highest BCUT2D eigenvalue weighted by molar-refractivity contribution is 5.44. The summed E-state index contributed by atoms with van der Waals surface area (Å²) in [6, 6.07) is 13.9. The minimum absolute atomic E-state index is 0.237. The number of aryl methyl sites for hydroxylation is 1. The Kier molecular flexibility index (Phi) is 3.03. The van der Waals surface area contributed by atoms with Gasteiger partial charge in [0, 0.05) is 6.42 Å². The second kappa shape index (κ2) is 4.71. The summed E-state index contributed by atoms with van der Waals surface area (Å²) < 4.78 is 5.69. The summed E-state index contributed by atoms with van der Waals surface area (Å²) in [7, 11) is 0. The third-order valence-electron chi connectivity index (χ3n) is 3.72. The quantitative estimate of drug-likeness (QED) is 0.890. The van der Waals surface area contributed by atoms with Crippen LogP contribution in [0.2, 0.25) is 0 Å². The van der Waals surface area contributed by atoms with Crippen LogP contribution in [0, 0.1) is 6.92 Å². The maximum atomic E-state index is 10.5. The number of ether oxygens (including phenoxy) is 1. The molecule has 2 heteroatoms. The molecule has 0 bridgehead atoms. The van der Waals surface area contributed by atoms with Crippen LogP contribution in [0.25, 0.3) is 0 Å². The lowest BCUT2D eigenvalue weighted by Crippen LogP contribution is -2.05. The molecule has 2 unspecified atom stereocenters. The lowest BCUT2D eigenvalue weighted by atomic mass is 9.95. The fourth-order valence-corrected chi connectivity index (χ4v) is 2.69. The van der Waals surface area contributed by atoms with Crippen LogP contribution in [0.1, 0.15) is 35.3 Å². The lowest BCUT2D eigenvalue weighted by Gasteiger charge is -2.14. The number of aliphatic hydroxyl groups is 1. The van der Waals surface area contributed by atoms with Gasteiger partial charge in [-0.3, -0.25) is 0 Å². The second-order valence-corrected chi connectivity index (χ2v) is 5.26. The van der Waals surface area contributed by atoms with Crippen molar-refractivity contribution >= 4 is 0 Å². The number of hydrogen-bond donors (Lipinski definition) is 1. The van der Waals surface area contributed by atoms with Crippen molar-refractivity contribution in [3.05, 3.63) is 64.7 Å². The van der Waals surface area contributed by atoms with Crippen molar-refractivity contribution in [3.8, 4) is 5.75 Å². The highest BCUT2D eigenvalue weighted by Gasteiger charge is 2.21. The molecule has 0 aliphatic carbocycles. The largest absolute Gasteiger partial charge is 0.490 e. The molecule has 2 atom stereocenters. The van der Waals surface area contributed by atoms with Gasteiger partial charge < -0.3 is 9.84 Å². The third kappa shape index (κ3) is 2.24. The molecule has 0 saturated heterocycles. The highest BCUT2D eigenvalue weighted by Crippen LogP contribution is 2.33. The zero-order valence-corrected chi connectivity index (χ0v) is 11.3. The van der Waals surface area contributed by atoms with E-state index in [9.17, 15) is 5.11 Å². The van der Waals surface area contributed by atoms with Gasteiger partial charge in [-0.05, 0) is 48.2 Å². The summed E-state index contributed by atoms with van der Waals surface area (Å²) in [4.78, 5) is 0. The van der Waals surface area contributed by atoms with Gasteiger partial charge in [-0.1, -0.05) is 30.3 Å². The molecule has 98 valence electrons. The molecule has 2 aromatic carbocycles. The Morgan fingerprint density at radius 2 is 2.00 bits per heavy atom. The maximum absolute atomic E-state index is 10.5. The van der Waals surface area contributed by atoms with Gasteiger partial charge in [0.1, 0.15) is 18.0 Å². The van der Waals surface area contributed by atoms with E-state index in [0.717, 1.165) is 28.9 Å². The molecule has 2 nitrogen and oxygen atoms in total. The number of hydrogen-bond acceptors (Lipinski definition) is 2. The molecule has 3 rings (SSSR count). The van der Waals surface area contributed by atoms with E-state index >= 15 is 0 Å². The number of fused-ring (bicyclic) bond motifs is 1. The minimum atomic E-state index is -0.567. The van der Waals surface area contributed by atoms with Crippen LogP contribution < -0.4 is 4.74 Å². The fourth-order valence-electron chi connectivity index (χ4n) is 2.69. The summed E-state index contributed by atoms with van der Waals surface area (Å²) in [5.74, 6) is 0.952. The van der Waals surface area contributed by atoms with E-state index in [1.54, 1.807) is 0 Å². The molecular formula is C17H18O2. The molecule has 0 amide bonds. The van der Waals surface area contributed by atoms with E-state index < -0.39 is 6.10 Å². The average molecular weight is 254 g/mol. The van der Waals surface area contributed by atoms with Crippen molar-refractivity contribution in [3.63, 3.8) is 0 Å². The molecule has 19 heavy (non-hydrogen) atoms.